The summed E-state index contributed by atoms with van der Waals surface area (Å²) >= 11 is 0. The monoisotopic (exact) mass is 315 g/mol. The number of carbonyl (C=O) groups excluding carboxylic acids is 1. The number of furan rings is 1. The van der Waals surface area contributed by atoms with Crippen molar-refractivity contribution in [3.8, 4) is 0 Å². The minimum absolute atomic E-state index is 0.0479. The zero-order chi connectivity index (χ0) is 16.1. The Morgan fingerprint density at radius 2 is 2.26 bits per heavy atom. The largest absolute Gasteiger partial charge is 0.467 e. The molecule has 2 aromatic heterocycles. The molecule has 2 aromatic rings. The zero-order valence-electron chi connectivity index (χ0n) is 13.2. The third-order valence-electron chi connectivity index (χ3n) is 4.08. The molecule has 1 saturated heterocycles. The van der Waals surface area contributed by atoms with Crippen molar-refractivity contribution in [3.63, 3.8) is 0 Å². The Balaban J connectivity index is 1.46. The van der Waals surface area contributed by atoms with Gasteiger partial charge in [-0.25, -0.2) is 14.8 Å². The molecule has 122 valence electrons. The van der Waals surface area contributed by atoms with E-state index in [9.17, 15) is 4.79 Å². The predicted octanol–water partition coefficient (Wildman–Crippen LogP) is 1.49. The van der Waals surface area contributed by atoms with E-state index in [2.05, 4.69) is 20.2 Å². The van der Waals surface area contributed by atoms with E-state index in [-0.39, 0.29) is 6.03 Å². The summed E-state index contributed by atoms with van der Waals surface area (Å²) in [6.45, 7) is 2.58. The van der Waals surface area contributed by atoms with E-state index >= 15 is 0 Å². The second-order valence-electron chi connectivity index (χ2n) is 5.71. The number of likely N-dealkylation sites (tertiary alicyclic amines) is 1. The van der Waals surface area contributed by atoms with Crippen LogP contribution in [-0.4, -0.2) is 52.0 Å². The Morgan fingerprint density at radius 3 is 3.00 bits per heavy atom. The molecule has 7 nitrogen and oxygen atoms in total. The minimum Gasteiger partial charge on any atom is -0.467 e. The topological polar surface area (TPSA) is 74.5 Å². The van der Waals surface area contributed by atoms with Gasteiger partial charge in [0.2, 0.25) is 0 Å². The van der Waals surface area contributed by atoms with Crippen LogP contribution in [0.3, 0.4) is 0 Å². The molecule has 1 aliphatic heterocycles. The van der Waals surface area contributed by atoms with Gasteiger partial charge in [-0.2, -0.15) is 0 Å². The summed E-state index contributed by atoms with van der Waals surface area (Å²) in [4.78, 5) is 24.7. The number of hydrogen-bond donors (Lipinski definition) is 1. The van der Waals surface area contributed by atoms with E-state index in [0.29, 0.717) is 25.7 Å². The molecule has 0 bridgehead atoms. The summed E-state index contributed by atoms with van der Waals surface area (Å²) in [7, 11) is 2.05. The van der Waals surface area contributed by atoms with Gasteiger partial charge in [0.05, 0.1) is 19.4 Å². The number of rotatable bonds is 5. The van der Waals surface area contributed by atoms with Crippen molar-refractivity contribution in [2.45, 2.75) is 25.6 Å². The molecule has 0 aliphatic carbocycles. The lowest BCUT2D eigenvalue weighted by molar-refractivity contribution is 0.195. The summed E-state index contributed by atoms with van der Waals surface area (Å²) < 4.78 is 5.22. The second kappa shape index (κ2) is 7.23. The molecule has 3 heterocycles. The third-order valence-corrected chi connectivity index (χ3v) is 4.08. The van der Waals surface area contributed by atoms with E-state index in [4.69, 9.17) is 4.42 Å². The van der Waals surface area contributed by atoms with Crippen molar-refractivity contribution < 1.29 is 9.21 Å². The molecule has 0 radical (unpaired) electrons. The van der Waals surface area contributed by atoms with Crippen LogP contribution in [0.15, 0.2) is 41.3 Å². The normalized spacial score (nSPS) is 17.7. The maximum atomic E-state index is 12.2. The van der Waals surface area contributed by atoms with Gasteiger partial charge >= 0.3 is 6.03 Å². The highest BCUT2D eigenvalue weighted by atomic mass is 16.3. The highest BCUT2D eigenvalue weighted by Gasteiger charge is 2.29. The second-order valence-corrected chi connectivity index (χ2v) is 5.71. The fourth-order valence-electron chi connectivity index (χ4n) is 2.74. The number of amides is 2. The number of hydrogen-bond acceptors (Lipinski definition) is 5. The Labute approximate surface area is 135 Å². The fraction of sp³-hybridized carbons (Fsp3) is 0.438. The van der Waals surface area contributed by atoms with Crippen LogP contribution in [0, 0.1) is 0 Å². The Hall–Kier alpha value is -2.41. The van der Waals surface area contributed by atoms with Crippen molar-refractivity contribution in [1.82, 2.24) is 25.1 Å². The van der Waals surface area contributed by atoms with E-state index in [1.54, 1.807) is 18.7 Å². The van der Waals surface area contributed by atoms with E-state index in [1.807, 2.05) is 30.1 Å². The first-order chi connectivity index (χ1) is 11.2. The average Bonchev–Trinajstić information content (AvgIpc) is 3.25. The lowest BCUT2D eigenvalue weighted by Gasteiger charge is -2.24. The van der Waals surface area contributed by atoms with Gasteiger partial charge in [-0.15, -0.1) is 0 Å². The van der Waals surface area contributed by atoms with E-state index in [1.165, 1.54) is 0 Å². The lowest BCUT2D eigenvalue weighted by atomic mass is 10.2. The number of aromatic nitrogens is 2. The molecular weight excluding hydrogens is 294 g/mol. The summed E-state index contributed by atoms with van der Waals surface area (Å²) in [5.74, 6) is 1.56. The van der Waals surface area contributed by atoms with Crippen molar-refractivity contribution in [2.75, 3.05) is 20.1 Å². The first kappa shape index (κ1) is 15.5. The lowest BCUT2D eigenvalue weighted by Crippen LogP contribution is -2.41. The van der Waals surface area contributed by atoms with Crippen molar-refractivity contribution in [3.05, 3.63) is 48.4 Å². The maximum Gasteiger partial charge on any atom is 0.317 e. The van der Waals surface area contributed by atoms with Gasteiger partial charge in [0.1, 0.15) is 11.6 Å². The van der Waals surface area contributed by atoms with Crippen LogP contribution in [0.1, 0.15) is 18.0 Å². The van der Waals surface area contributed by atoms with E-state index < -0.39 is 0 Å². The Kier molecular flexibility index (Phi) is 4.87. The van der Waals surface area contributed by atoms with Gasteiger partial charge < -0.3 is 14.6 Å². The highest BCUT2D eigenvalue weighted by Crippen LogP contribution is 2.16. The first-order valence-corrected chi connectivity index (χ1v) is 7.73. The molecule has 1 fully saturated rings. The molecule has 1 atom stereocenters. The van der Waals surface area contributed by atoms with Crippen LogP contribution < -0.4 is 5.32 Å². The Bertz CT molecular complexity index is 617. The summed E-state index contributed by atoms with van der Waals surface area (Å²) in [5, 5.41) is 2.89. The van der Waals surface area contributed by atoms with E-state index in [0.717, 1.165) is 24.6 Å². The van der Waals surface area contributed by atoms with Crippen molar-refractivity contribution >= 4 is 6.03 Å². The predicted molar refractivity (Wildman–Crippen MR) is 84.4 cm³/mol. The molecule has 0 aromatic carbocycles. The average molecular weight is 315 g/mol. The summed E-state index contributed by atoms with van der Waals surface area (Å²) in [5.41, 5.74) is 0. The molecule has 1 N–H and O–H groups in total. The Morgan fingerprint density at radius 1 is 1.43 bits per heavy atom. The molecule has 2 amide bonds. The molecule has 7 heteroatoms. The number of likely N-dealkylation sites (N-methyl/N-ethyl adjacent to an activating group) is 1. The van der Waals surface area contributed by atoms with Gasteiger partial charge in [-0.1, -0.05) is 0 Å². The van der Waals surface area contributed by atoms with Crippen LogP contribution in [0.2, 0.25) is 0 Å². The SMILES string of the molecule is CN(Cc1ncccn1)[C@@H]1CCN(C(=O)NCc2ccco2)C1. The highest BCUT2D eigenvalue weighted by molar-refractivity contribution is 5.74. The van der Waals surface area contributed by atoms with Gasteiger partial charge in [0, 0.05) is 31.5 Å². The van der Waals surface area contributed by atoms with Crippen molar-refractivity contribution in [2.24, 2.45) is 0 Å². The number of carbonyl (C=O) groups is 1. The number of nitrogens with one attached hydrogen (secondary N) is 1. The molecular formula is C16H21N5O2. The van der Waals surface area contributed by atoms with Gasteiger partial charge in [-0.3, -0.25) is 4.90 Å². The molecule has 3 rings (SSSR count). The first-order valence-electron chi connectivity index (χ1n) is 7.73. The minimum atomic E-state index is -0.0479. The molecule has 23 heavy (non-hydrogen) atoms. The molecule has 0 unspecified atom stereocenters. The molecule has 1 aliphatic rings. The number of nitrogens with zero attached hydrogens (tertiary/aromatic N) is 4. The maximum absolute atomic E-state index is 12.2. The third kappa shape index (κ3) is 4.07. The van der Waals surface area contributed by atoms with Crippen LogP contribution in [0.5, 0.6) is 0 Å². The van der Waals surface area contributed by atoms with Gasteiger partial charge in [0.15, 0.2) is 0 Å². The quantitative estimate of drug-likeness (QED) is 0.905. The zero-order valence-corrected chi connectivity index (χ0v) is 13.2. The smallest absolute Gasteiger partial charge is 0.317 e. The van der Waals surface area contributed by atoms with Crippen molar-refractivity contribution in [1.29, 1.82) is 0 Å². The van der Waals surface area contributed by atoms with Gasteiger partial charge in [-0.05, 0) is 31.7 Å². The fourth-order valence-corrected chi connectivity index (χ4v) is 2.74. The summed E-state index contributed by atoms with van der Waals surface area (Å²) in [6, 6.07) is 5.75. The van der Waals surface area contributed by atoms with Crippen LogP contribution >= 0.6 is 0 Å². The van der Waals surface area contributed by atoms with Crippen LogP contribution in [0.25, 0.3) is 0 Å². The molecule has 0 saturated carbocycles. The standard InChI is InChI=1S/C16H21N5O2/c1-20(12-15-17-6-3-7-18-15)13-5-8-21(11-13)16(22)19-10-14-4-2-9-23-14/h2-4,6-7,9,13H,5,8,10-12H2,1H3,(H,19,22)/t13-/m1/s1. The van der Waals surface area contributed by atoms with Gasteiger partial charge in [0.25, 0.3) is 0 Å². The van der Waals surface area contributed by atoms with Crippen LogP contribution in [0.4, 0.5) is 4.79 Å². The molecule has 0 spiro atoms. The number of urea groups is 1. The van der Waals surface area contributed by atoms with Crippen LogP contribution in [-0.2, 0) is 13.1 Å². The summed E-state index contributed by atoms with van der Waals surface area (Å²) in [6.07, 6.45) is 6.06.